The van der Waals surface area contributed by atoms with Crippen molar-refractivity contribution in [2.45, 2.75) is 39.2 Å². The fraction of sp³-hybridized carbons (Fsp3) is 0.259. The normalized spacial score (nSPS) is 20.9. The van der Waals surface area contributed by atoms with Crippen molar-refractivity contribution in [1.82, 2.24) is 4.90 Å². The van der Waals surface area contributed by atoms with Gasteiger partial charge in [-0.2, -0.15) is 0 Å². The average Bonchev–Trinajstić information content (AvgIpc) is 3.16. The van der Waals surface area contributed by atoms with E-state index in [1.165, 1.54) is 22.9 Å². The van der Waals surface area contributed by atoms with E-state index in [1.807, 2.05) is 50.2 Å². The van der Waals surface area contributed by atoms with E-state index in [0.29, 0.717) is 16.5 Å². The molecule has 0 fully saturated rings. The van der Waals surface area contributed by atoms with Crippen molar-refractivity contribution in [1.29, 1.82) is 0 Å². The van der Waals surface area contributed by atoms with Crippen LogP contribution in [0.4, 0.5) is 0 Å². The first kappa shape index (κ1) is 23.3. The van der Waals surface area contributed by atoms with Gasteiger partial charge >= 0.3 is 5.97 Å². The molecule has 4 nitrogen and oxygen atoms in total. The Hall–Kier alpha value is -2.47. The second kappa shape index (κ2) is 9.65. The van der Waals surface area contributed by atoms with Gasteiger partial charge in [-0.05, 0) is 97.5 Å². The maximum atomic E-state index is 12.7. The van der Waals surface area contributed by atoms with E-state index < -0.39 is 0 Å². The summed E-state index contributed by atoms with van der Waals surface area (Å²) < 4.78 is 5.33. The van der Waals surface area contributed by atoms with Crippen molar-refractivity contribution in [2.24, 2.45) is 4.99 Å². The SMILES string of the molecule is CCOC(=O)C1=C(C)N2C(=NC3=C(CCC/C3=C\c3ccc(Cl)cc3)C2c2ccc(Cl)cc2)S1. The minimum atomic E-state index is -0.299. The number of hydrogen-bond donors (Lipinski definition) is 0. The molecule has 1 unspecified atom stereocenters. The molecule has 2 aromatic rings. The summed E-state index contributed by atoms with van der Waals surface area (Å²) in [4.78, 5) is 20.6. The highest BCUT2D eigenvalue weighted by Crippen LogP contribution is 2.51. The third-order valence-corrected chi connectivity index (χ3v) is 7.88. The van der Waals surface area contributed by atoms with Crippen molar-refractivity contribution in [3.63, 3.8) is 0 Å². The summed E-state index contributed by atoms with van der Waals surface area (Å²) >= 11 is 13.7. The summed E-state index contributed by atoms with van der Waals surface area (Å²) in [6, 6.07) is 15.8. The number of hydrogen-bond acceptors (Lipinski definition) is 5. The second-order valence-corrected chi connectivity index (χ2v) is 10.3. The Morgan fingerprint density at radius 1 is 1.12 bits per heavy atom. The number of amidine groups is 1. The molecule has 2 heterocycles. The summed E-state index contributed by atoms with van der Waals surface area (Å²) in [6.45, 7) is 4.14. The van der Waals surface area contributed by atoms with E-state index >= 15 is 0 Å². The van der Waals surface area contributed by atoms with Gasteiger partial charge in [-0.3, -0.25) is 0 Å². The third-order valence-electron chi connectivity index (χ3n) is 6.24. The third kappa shape index (κ3) is 4.33. The van der Waals surface area contributed by atoms with Crippen molar-refractivity contribution >= 4 is 52.2 Å². The molecule has 174 valence electrons. The van der Waals surface area contributed by atoms with Gasteiger partial charge in [0.25, 0.3) is 0 Å². The van der Waals surface area contributed by atoms with Crippen LogP contribution in [0.15, 0.2) is 81.0 Å². The van der Waals surface area contributed by atoms with Crippen LogP contribution < -0.4 is 0 Å². The van der Waals surface area contributed by atoms with Crippen LogP contribution >= 0.6 is 35.0 Å². The number of carbonyl (C=O) groups excluding carboxylic acids is 1. The molecule has 3 aliphatic rings. The number of esters is 1. The van der Waals surface area contributed by atoms with E-state index in [4.69, 9.17) is 32.9 Å². The zero-order valence-electron chi connectivity index (χ0n) is 19.0. The Morgan fingerprint density at radius 3 is 2.47 bits per heavy atom. The van der Waals surface area contributed by atoms with E-state index in [0.717, 1.165) is 52.0 Å². The number of thioether (sulfide) groups is 1. The minimum absolute atomic E-state index is 0.0480. The molecule has 0 saturated heterocycles. The number of fused-ring (bicyclic) bond motifs is 1. The standard InChI is InChI=1S/C27H24Cl2N2O2S/c1-3-33-26(32)25-16(2)31-24(18-9-13-21(29)14-10-18)22-6-4-5-19(23(22)30-27(31)34-25)15-17-7-11-20(28)12-8-17/h7-15,24H,3-6H2,1-2H3/b19-15+. The molecule has 0 radical (unpaired) electrons. The quantitative estimate of drug-likeness (QED) is 0.394. The van der Waals surface area contributed by atoms with Crippen molar-refractivity contribution in [3.8, 4) is 0 Å². The van der Waals surface area contributed by atoms with Gasteiger partial charge in [-0.1, -0.05) is 47.5 Å². The summed E-state index contributed by atoms with van der Waals surface area (Å²) in [5, 5.41) is 2.23. The number of carbonyl (C=O) groups is 1. The highest BCUT2D eigenvalue weighted by atomic mass is 35.5. The summed E-state index contributed by atoms with van der Waals surface area (Å²) in [5.74, 6) is -0.299. The van der Waals surface area contributed by atoms with Gasteiger partial charge in [-0.15, -0.1) is 0 Å². The zero-order valence-corrected chi connectivity index (χ0v) is 21.3. The molecule has 1 atom stereocenters. The van der Waals surface area contributed by atoms with Crippen LogP contribution in [-0.2, 0) is 9.53 Å². The molecule has 0 amide bonds. The summed E-state index contributed by atoms with van der Waals surface area (Å²) in [6.07, 6.45) is 5.14. The Bertz CT molecular complexity index is 1260. The molecule has 5 rings (SSSR count). The average molecular weight is 511 g/mol. The molecule has 2 aliphatic heterocycles. The number of allylic oxidation sites excluding steroid dienone is 2. The highest BCUT2D eigenvalue weighted by Gasteiger charge is 2.42. The Kier molecular flexibility index (Phi) is 6.61. The van der Waals surface area contributed by atoms with Gasteiger partial charge in [0.2, 0.25) is 0 Å². The van der Waals surface area contributed by atoms with E-state index in [9.17, 15) is 4.79 Å². The van der Waals surface area contributed by atoms with Crippen LogP contribution in [0.25, 0.3) is 6.08 Å². The largest absolute Gasteiger partial charge is 0.462 e. The van der Waals surface area contributed by atoms with Crippen LogP contribution in [0.2, 0.25) is 10.0 Å². The first-order chi connectivity index (χ1) is 16.5. The first-order valence-corrected chi connectivity index (χ1v) is 12.9. The lowest BCUT2D eigenvalue weighted by molar-refractivity contribution is -0.137. The number of benzene rings is 2. The van der Waals surface area contributed by atoms with Gasteiger partial charge in [0, 0.05) is 15.7 Å². The number of aliphatic imine (C=N–C) groups is 1. The maximum Gasteiger partial charge on any atom is 0.346 e. The molecule has 1 aliphatic carbocycles. The minimum Gasteiger partial charge on any atom is -0.462 e. The molecule has 2 aromatic carbocycles. The van der Waals surface area contributed by atoms with Crippen molar-refractivity contribution in [3.05, 3.63) is 97.1 Å². The van der Waals surface area contributed by atoms with E-state index in [1.54, 1.807) is 0 Å². The number of halogens is 2. The van der Waals surface area contributed by atoms with Crippen LogP contribution in [0.1, 0.15) is 50.3 Å². The lowest BCUT2D eigenvalue weighted by Gasteiger charge is -2.39. The molecular weight excluding hydrogens is 487 g/mol. The lowest BCUT2D eigenvalue weighted by Crippen LogP contribution is -2.34. The van der Waals surface area contributed by atoms with Crippen molar-refractivity contribution < 1.29 is 9.53 Å². The van der Waals surface area contributed by atoms with Crippen LogP contribution in [-0.4, -0.2) is 22.6 Å². The molecule has 0 saturated carbocycles. The highest BCUT2D eigenvalue weighted by molar-refractivity contribution is 8.18. The Balaban J connectivity index is 1.64. The molecule has 0 N–H and O–H groups in total. The van der Waals surface area contributed by atoms with Gasteiger partial charge in [0.15, 0.2) is 5.17 Å². The predicted molar refractivity (Wildman–Crippen MR) is 141 cm³/mol. The molecule has 0 bridgehead atoms. The summed E-state index contributed by atoms with van der Waals surface area (Å²) in [7, 11) is 0. The van der Waals surface area contributed by atoms with Gasteiger partial charge in [-0.25, -0.2) is 9.79 Å². The van der Waals surface area contributed by atoms with Crippen LogP contribution in [0.5, 0.6) is 0 Å². The van der Waals surface area contributed by atoms with Gasteiger partial charge in [0.05, 0.1) is 18.3 Å². The predicted octanol–water partition coefficient (Wildman–Crippen LogP) is 7.77. The van der Waals surface area contributed by atoms with E-state index in [2.05, 4.69) is 23.1 Å². The fourth-order valence-corrected chi connectivity index (χ4v) is 6.00. The Morgan fingerprint density at radius 2 is 1.79 bits per heavy atom. The molecular formula is C27H24Cl2N2O2S. The number of rotatable bonds is 4. The fourth-order valence-electron chi connectivity index (χ4n) is 4.70. The lowest BCUT2D eigenvalue weighted by atomic mass is 9.83. The first-order valence-electron chi connectivity index (χ1n) is 11.3. The topological polar surface area (TPSA) is 41.9 Å². The summed E-state index contributed by atoms with van der Waals surface area (Å²) in [5.41, 5.74) is 6.60. The number of ether oxygens (including phenoxy) is 1. The van der Waals surface area contributed by atoms with Gasteiger partial charge < -0.3 is 9.64 Å². The molecule has 0 aromatic heterocycles. The van der Waals surface area contributed by atoms with Crippen molar-refractivity contribution in [2.75, 3.05) is 6.61 Å². The van der Waals surface area contributed by atoms with Crippen LogP contribution in [0, 0.1) is 0 Å². The molecule has 34 heavy (non-hydrogen) atoms. The monoisotopic (exact) mass is 510 g/mol. The molecule has 7 heteroatoms. The smallest absolute Gasteiger partial charge is 0.346 e. The second-order valence-electron chi connectivity index (χ2n) is 8.40. The van der Waals surface area contributed by atoms with E-state index in [-0.39, 0.29) is 12.0 Å². The van der Waals surface area contributed by atoms with Gasteiger partial charge in [0.1, 0.15) is 4.91 Å². The molecule has 0 spiro atoms. The number of nitrogens with zero attached hydrogens (tertiary/aromatic N) is 2. The maximum absolute atomic E-state index is 12.7. The Labute approximate surface area is 214 Å². The van der Waals surface area contributed by atoms with Crippen LogP contribution in [0.3, 0.4) is 0 Å². The zero-order chi connectivity index (χ0) is 23.8.